The quantitative estimate of drug-likeness (QED) is 0.909. The van der Waals surface area contributed by atoms with Crippen LogP contribution in [0.25, 0.3) is 0 Å². The van der Waals surface area contributed by atoms with E-state index < -0.39 is 11.9 Å². The van der Waals surface area contributed by atoms with E-state index >= 15 is 0 Å². The van der Waals surface area contributed by atoms with Gasteiger partial charge in [-0.25, -0.2) is 4.39 Å². The molecule has 1 unspecified atom stereocenters. The molecule has 0 saturated heterocycles. The Morgan fingerprint density at radius 1 is 1.35 bits per heavy atom. The SMILES string of the molecule is OC(Cc1cccnc1)c1ccc(Cl)cc1F. The molecule has 0 aliphatic heterocycles. The highest BCUT2D eigenvalue weighted by atomic mass is 35.5. The fraction of sp³-hybridized carbons (Fsp3) is 0.154. The Morgan fingerprint density at radius 3 is 2.82 bits per heavy atom. The van der Waals surface area contributed by atoms with E-state index in [9.17, 15) is 9.50 Å². The first-order valence-corrected chi connectivity index (χ1v) is 5.56. The summed E-state index contributed by atoms with van der Waals surface area (Å²) < 4.78 is 13.5. The zero-order valence-corrected chi connectivity index (χ0v) is 9.73. The molecule has 1 heterocycles. The molecule has 4 heteroatoms. The van der Waals surface area contributed by atoms with Crippen LogP contribution in [0.15, 0.2) is 42.7 Å². The molecule has 0 aliphatic carbocycles. The highest BCUT2D eigenvalue weighted by molar-refractivity contribution is 6.30. The van der Waals surface area contributed by atoms with E-state index in [4.69, 9.17) is 11.6 Å². The van der Waals surface area contributed by atoms with Crippen molar-refractivity contribution < 1.29 is 9.50 Å². The number of benzene rings is 1. The summed E-state index contributed by atoms with van der Waals surface area (Å²) in [6.45, 7) is 0. The zero-order valence-electron chi connectivity index (χ0n) is 8.98. The van der Waals surface area contributed by atoms with Gasteiger partial charge in [-0.05, 0) is 23.8 Å². The van der Waals surface area contributed by atoms with Gasteiger partial charge in [-0.1, -0.05) is 23.7 Å². The van der Waals surface area contributed by atoms with Crippen molar-refractivity contribution in [3.8, 4) is 0 Å². The van der Waals surface area contributed by atoms with Gasteiger partial charge in [0.1, 0.15) is 5.82 Å². The van der Waals surface area contributed by atoms with Gasteiger partial charge in [-0.2, -0.15) is 0 Å². The zero-order chi connectivity index (χ0) is 12.3. The Morgan fingerprint density at radius 2 is 2.18 bits per heavy atom. The van der Waals surface area contributed by atoms with E-state index in [1.54, 1.807) is 24.5 Å². The summed E-state index contributed by atoms with van der Waals surface area (Å²) in [5.74, 6) is -0.492. The van der Waals surface area contributed by atoms with Gasteiger partial charge in [0, 0.05) is 29.4 Å². The average molecular weight is 252 g/mol. The van der Waals surface area contributed by atoms with Crippen molar-refractivity contribution in [2.24, 2.45) is 0 Å². The minimum Gasteiger partial charge on any atom is -0.388 e. The van der Waals surface area contributed by atoms with Crippen LogP contribution in [-0.2, 0) is 6.42 Å². The molecule has 2 nitrogen and oxygen atoms in total. The predicted molar refractivity (Wildman–Crippen MR) is 64.3 cm³/mol. The number of nitrogens with zero attached hydrogens (tertiary/aromatic N) is 1. The van der Waals surface area contributed by atoms with E-state index in [1.807, 2.05) is 6.07 Å². The Hall–Kier alpha value is -1.45. The normalized spacial score (nSPS) is 12.4. The van der Waals surface area contributed by atoms with Gasteiger partial charge in [0.25, 0.3) is 0 Å². The summed E-state index contributed by atoms with van der Waals surface area (Å²) in [7, 11) is 0. The molecule has 1 aromatic heterocycles. The highest BCUT2D eigenvalue weighted by Crippen LogP contribution is 2.23. The Bertz CT molecular complexity index is 504. The second-order valence-corrected chi connectivity index (χ2v) is 4.18. The molecule has 0 spiro atoms. The van der Waals surface area contributed by atoms with Crippen LogP contribution in [0.1, 0.15) is 17.2 Å². The second kappa shape index (κ2) is 5.25. The molecule has 0 amide bonds. The summed E-state index contributed by atoms with van der Waals surface area (Å²) in [4.78, 5) is 3.94. The Balaban J connectivity index is 2.17. The number of halogens is 2. The smallest absolute Gasteiger partial charge is 0.130 e. The van der Waals surface area contributed by atoms with Crippen LogP contribution >= 0.6 is 11.6 Å². The molecule has 1 aromatic carbocycles. The second-order valence-electron chi connectivity index (χ2n) is 3.75. The molecule has 0 saturated carbocycles. The largest absolute Gasteiger partial charge is 0.388 e. The fourth-order valence-electron chi connectivity index (χ4n) is 1.62. The molecule has 1 N–H and O–H groups in total. The maximum atomic E-state index is 13.5. The molecular formula is C13H11ClFNO. The minimum atomic E-state index is -0.892. The standard InChI is InChI=1S/C13H11ClFNO/c14-10-3-4-11(12(15)7-10)13(17)6-9-2-1-5-16-8-9/h1-5,7-8,13,17H,6H2. The minimum absolute atomic E-state index is 0.248. The monoisotopic (exact) mass is 251 g/mol. The lowest BCUT2D eigenvalue weighted by atomic mass is 10.0. The number of hydrogen-bond acceptors (Lipinski definition) is 2. The maximum Gasteiger partial charge on any atom is 0.130 e. The van der Waals surface area contributed by atoms with Crippen LogP contribution in [-0.4, -0.2) is 10.1 Å². The number of hydrogen-bond donors (Lipinski definition) is 1. The molecule has 0 bridgehead atoms. The molecule has 0 radical (unpaired) electrons. The molecule has 2 aromatic rings. The third-order valence-electron chi connectivity index (χ3n) is 2.47. The topological polar surface area (TPSA) is 33.1 Å². The molecule has 17 heavy (non-hydrogen) atoms. The molecule has 0 aliphatic rings. The first-order chi connectivity index (χ1) is 8.16. The maximum absolute atomic E-state index is 13.5. The van der Waals surface area contributed by atoms with Crippen molar-refractivity contribution in [1.82, 2.24) is 4.98 Å². The van der Waals surface area contributed by atoms with Gasteiger partial charge < -0.3 is 5.11 Å². The van der Waals surface area contributed by atoms with Gasteiger partial charge >= 0.3 is 0 Å². The number of rotatable bonds is 3. The number of aliphatic hydroxyl groups is 1. The lowest BCUT2D eigenvalue weighted by molar-refractivity contribution is 0.173. The Kier molecular flexibility index (Phi) is 3.71. The molecule has 0 fully saturated rings. The van der Waals surface area contributed by atoms with Crippen LogP contribution in [0, 0.1) is 5.82 Å². The number of aliphatic hydroxyl groups excluding tert-OH is 1. The third-order valence-corrected chi connectivity index (χ3v) is 2.71. The summed E-state index contributed by atoms with van der Waals surface area (Å²) in [6.07, 6.45) is 2.74. The van der Waals surface area contributed by atoms with E-state index in [-0.39, 0.29) is 5.56 Å². The van der Waals surface area contributed by atoms with E-state index in [2.05, 4.69) is 4.98 Å². The van der Waals surface area contributed by atoms with E-state index in [0.29, 0.717) is 11.4 Å². The van der Waals surface area contributed by atoms with Crippen LogP contribution in [0.3, 0.4) is 0 Å². The van der Waals surface area contributed by atoms with Gasteiger partial charge in [0.05, 0.1) is 6.10 Å². The van der Waals surface area contributed by atoms with Crippen LogP contribution in [0.2, 0.25) is 5.02 Å². The van der Waals surface area contributed by atoms with Gasteiger partial charge in [0.15, 0.2) is 0 Å². The predicted octanol–water partition coefficient (Wildman–Crippen LogP) is 3.15. The van der Waals surface area contributed by atoms with Crippen molar-refractivity contribution in [3.05, 3.63) is 64.7 Å². The van der Waals surface area contributed by atoms with Crippen molar-refractivity contribution in [3.63, 3.8) is 0 Å². The summed E-state index contributed by atoms with van der Waals surface area (Å²) in [5.41, 5.74) is 1.10. The lowest BCUT2D eigenvalue weighted by Gasteiger charge is -2.11. The molecule has 1 atom stereocenters. The molecule has 2 rings (SSSR count). The van der Waals surface area contributed by atoms with Gasteiger partial charge in [0.2, 0.25) is 0 Å². The van der Waals surface area contributed by atoms with Crippen LogP contribution in [0.5, 0.6) is 0 Å². The van der Waals surface area contributed by atoms with Gasteiger partial charge in [-0.15, -0.1) is 0 Å². The summed E-state index contributed by atoms with van der Waals surface area (Å²) in [5, 5.41) is 10.3. The summed E-state index contributed by atoms with van der Waals surface area (Å²) >= 11 is 5.65. The number of pyridine rings is 1. The third kappa shape index (κ3) is 3.02. The van der Waals surface area contributed by atoms with Crippen LogP contribution in [0.4, 0.5) is 4.39 Å². The van der Waals surface area contributed by atoms with E-state index in [0.717, 1.165) is 5.56 Å². The van der Waals surface area contributed by atoms with Crippen molar-refractivity contribution in [2.75, 3.05) is 0 Å². The lowest BCUT2D eigenvalue weighted by Crippen LogP contribution is -2.04. The average Bonchev–Trinajstić information content (AvgIpc) is 2.30. The summed E-state index contributed by atoms with van der Waals surface area (Å²) in [6, 6.07) is 7.87. The van der Waals surface area contributed by atoms with Crippen molar-refractivity contribution >= 4 is 11.6 Å². The Labute approximate surface area is 104 Å². The first kappa shape index (κ1) is 12.0. The van der Waals surface area contributed by atoms with Crippen molar-refractivity contribution in [1.29, 1.82) is 0 Å². The highest BCUT2D eigenvalue weighted by Gasteiger charge is 2.13. The van der Waals surface area contributed by atoms with Gasteiger partial charge in [-0.3, -0.25) is 4.98 Å². The van der Waals surface area contributed by atoms with Crippen LogP contribution < -0.4 is 0 Å². The van der Waals surface area contributed by atoms with Crippen molar-refractivity contribution in [2.45, 2.75) is 12.5 Å². The fourth-order valence-corrected chi connectivity index (χ4v) is 1.78. The molecule has 88 valence electrons. The first-order valence-electron chi connectivity index (χ1n) is 5.19. The van der Waals surface area contributed by atoms with E-state index in [1.165, 1.54) is 12.1 Å². The molecular weight excluding hydrogens is 241 g/mol. The number of aromatic nitrogens is 1.